The van der Waals surface area contributed by atoms with Gasteiger partial charge in [0.15, 0.2) is 0 Å². The summed E-state index contributed by atoms with van der Waals surface area (Å²) in [6.45, 7) is 5.11. The van der Waals surface area contributed by atoms with Crippen LogP contribution in [0.2, 0.25) is 0 Å². The van der Waals surface area contributed by atoms with Gasteiger partial charge >= 0.3 is 59.1 Å². The maximum Gasteiger partial charge on any atom is 1.00 e. The Labute approximate surface area is 272 Å². The summed E-state index contributed by atoms with van der Waals surface area (Å²) in [4.78, 5) is 21.5. The zero-order valence-electron chi connectivity index (χ0n) is 23.1. The zero-order chi connectivity index (χ0) is 27.7. The van der Waals surface area contributed by atoms with Crippen molar-refractivity contribution in [3.8, 4) is 35.2 Å². The number of aromatic hydroxyl groups is 1. The van der Waals surface area contributed by atoms with Crippen LogP contribution < -0.4 is 74.1 Å². The van der Waals surface area contributed by atoms with E-state index in [1.165, 1.54) is 0 Å². The van der Waals surface area contributed by atoms with E-state index in [0.717, 1.165) is 6.42 Å². The molecule has 1 aromatic carbocycles. The summed E-state index contributed by atoms with van der Waals surface area (Å²) in [5.41, 5.74) is 2.29. The molecule has 1 aliphatic rings. The molecule has 202 valence electrons. The molecule has 1 aliphatic heterocycles. The Morgan fingerprint density at radius 1 is 0.846 bits per heavy atom. The molecule has 0 spiro atoms. The average molecular weight is 563 g/mol. The molecule has 0 aromatic heterocycles. The first-order chi connectivity index (χ1) is 17.5. The number of carboxylic acid groups (broad SMARTS) is 2. The molecule has 10 nitrogen and oxygen atoms in total. The van der Waals surface area contributed by atoms with E-state index < -0.39 is 42.6 Å². The number of carbonyl (C=O) groups excluding carboxylic acids is 2. The number of benzene rings is 1. The third-order valence-electron chi connectivity index (χ3n) is 6.27. The van der Waals surface area contributed by atoms with Crippen molar-refractivity contribution < 1.29 is 109 Å². The Kier molecular flexibility index (Phi) is 17.6. The molecule has 1 saturated heterocycles. The number of aliphatic hydroxyl groups is 3. The van der Waals surface area contributed by atoms with Gasteiger partial charge in [0.25, 0.3) is 0 Å². The second-order valence-electron chi connectivity index (χ2n) is 8.87. The minimum absolute atomic E-state index is 0. The van der Waals surface area contributed by atoms with Gasteiger partial charge in [-0.2, -0.15) is 0 Å². The van der Waals surface area contributed by atoms with Gasteiger partial charge in [0.05, 0.1) is 5.97 Å². The number of phenols is 1. The minimum Gasteiger partial charge on any atom is -0.547 e. The fourth-order valence-corrected chi connectivity index (χ4v) is 3.98. The normalized spacial score (nSPS) is 21.6. The van der Waals surface area contributed by atoms with Crippen molar-refractivity contribution in [2.24, 2.45) is 0 Å². The summed E-state index contributed by atoms with van der Waals surface area (Å²) in [7, 11) is 0. The number of carboxylic acids is 2. The van der Waals surface area contributed by atoms with Crippen LogP contribution in [0.3, 0.4) is 0 Å². The van der Waals surface area contributed by atoms with Gasteiger partial charge in [0.1, 0.15) is 41.9 Å². The van der Waals surface area contributed by atoms with Crippen molar-refractivity contribution in [3.63, 3.8) is 0 Å². The number of carbonyl (C=O) groups is 2. The summed E-state index contributed by atoms with van der Waals surface area (Å²) < 4.78 is 11.1. The minimum atomic E-state index is -1.90. The van der Waals surface area contributed by atoms with Crippen molar-refractivity contribution in [1.82, 2.24) is 0 Å². The molecular weight excluding hydrogens is 530 g/mol. The molecule has 2 rings (SSSR count). The molecule has 1 aromatic rings. The van der Waals surface area contributed by atoms with Crippen LogP contribution in [0.25, 0.3) is 0 Å². The van der Waals surface area contributed by atoms with Gasteiger partial charge in [-0.05, 0) is 69.1 Å². The summed E-state index contributed by atoms with van der Waals surface area (Å²) in [5, 5.41) is 62.5. The van der Waals surface area contributed by atoms with Gasteiger partial charge in [0.2, 0.25) is 6.29 Å². The number of phenolic OH excluding ortho intramolecular Hbond substituents is 1. The predicted octanol–water partition coefficient (Wildman–Crippen LogP) is -7.10. The number of hydrogen-bond acceptors (Lipinski definition) is 10. The van der Waals surface area contributed by atoms with Crippen LogP contribution in [0.1, 0.15) is 60.8 Å². The molecular formula is C27H32Na2O10. The standard InChI is InChI=1S/C27H34O10.2Na/c1-15-16(2)24(36-27-23(33)21(31)22(32)25(37-27)26(34)35)18(17(3)20(15)30)13-11-9-7-5-4-6-8-10-12-14-19(28)29;;/h21-23,25,27,30-33H,6-11,13H2,1-3H3,(H,28,29)(H,34,35);;/q;2*+1/p-2/t21-,22-,23+,25-,27+;;/m0../s1. The van der Waals surface area contributed by atoms with Crippen molar-refractivity contribution in [3.05, 3.63) is 22.3 Å². The number of aliphatic carboxylic acids is 2. The Balaban J connectivity index is 0.00000722. The van der Waals surface area contributed by atoms with Crippen LogP contribution in [-0.4, -0.2) is 63.1 Å². The summed E-state index contributed by atoms with van der Waals surface area (Å²) in [6.07, 6.45) is -4.72. The molecule has 1 heterocycles. The van der Waals surface area contributed by atoms with Gasteiger partial charge in [0, 0.05) is 24.8 Å². The molecule has 12 heteroatoms. The van der Waals surface area contributed by atoms with Crippen molar-refractivity contribution in [2.45, 2.75) is 96.4 Å². The van der Waals surface area contributed by atoms with E-state index in [2.05, 4.69) is 17.8 Å². The molecule has 5 atom stereocenters. The number of rotatable bonds is 9. The van der Waals surface area contributed by atoms with E-state index in [-0.39, 0.29) is 64.9 Å². The topological polar surface area (TPSA) is 180 Å². The fraction of sp³-hybridized carbons (Fsp3) is 0.556. The van der Waals surface area contributed by atoms with E-state index in [9.17, 15) is 40.2 Å². The van der Waals surface area contributed by atoms with E-state index >= 15 is 0 Å². The van der Waals surface area contributed by atoms with Crippen LogP contribution in [0, 0.1) is 44.5 Å². The van der Waals surface area contributed by atoms with Crippen LogP contribution in [0.15, 0.2) is 0 Å². The number of hydrogen-bond donors (Lipinski definition) is 4. The first-order valence-electron chi connectivity index (χ1n) is 12.0. The largest absolute Gasteiger partial charge is 1.00 e. The molecule has 0 aliphatic carbocycles. The van der Waals surface area contributed by atoms with E-state index in [1.54, 1.807) is 20.8 Å². The average Bonchev–Trinajstić information content (AvgIpc) is 2.85. The predicted molar refractivity (Wildman–Crippen MR) is 127 cm³/mol. The monoisotopic (exact) mass is 562 g/mol. The first kappa shape index (κ1) is 37.7. The molecule has 0 unspecified atom stereocenters. The van der Waals surface area contributed by atoms with Gasteiger partial charge < -0.3 is 49.7 Å². The third kappa shape index (κ3) is 10.6. The van der Waals surface area contributed by atoms with Crippen LogP contribution >= 0.6 is 0 Å². The maximum absolute atomic E-state index is 11.3. The Morgan fingerprint density at radius 2 is 1.44 bits per heavy atom. The Bertz CT molecular complexity index is 1120. The Morgan fingerprint density at radius 3 is 2.03 bits per heavy atom. The third-order valence-corrected chi connectivity index (χ3v) is 6.27. The van der Waals surface area contributed by atoms with Crippen molar-refractivity contribution >= 4 is 11.9 Å². The van der Waals surface area contributed by atoms with E-state index in [1.807, 2.05) is 5.92 Å². The van der Waals surface area contributed by atoms with Gasteiger partial charge in [-0.15, -0.1) is 11.8 Å². The van der Waals surface area contributed by atoms with E-state index in [0.29, 0.717) is 66.5 Å². The molecule has 0 bridgehead atoms. The van der Waals surface area contributed by atoms with Gasteiger partial charge in [-0.3, -0.25) is 0 Å². The maximum atomic E-state index is 11.3. The molecule has 0 saturated carbocycles. The fourth-order valence-electron chi connectivity index (χ4n) is 3.98. The first-order valence-corrected chi connectivity index (χ1v) is 12.0. The second-order valence-corrected chi connectivity index (χ2v) is 8.87. The second kappa shape index (κ2) is 18.2. The molecule has 4 N–H and O–H groups in total. The smallest absolute Gasteiger partial charge is 0.547 e. The summed E-state index contributed by atoms with van der Waals surface area (Å²) in [6, 6.07) is 0. The number of unbranched alkanes of at least 4 members (excludes halogenated alkanes) is 4. The van der Waals surface area contributed by atoms with Crippen LogP contribution in [0.4, 0.5) is 0 Å². The van der Waals surface area contributed by atoms with Crippen molar-refractivity contribution in [1.29, 1.82) is 0 Å². The van der Waals surface area contributed by atoms with Gasteiger partial charge in [-0.25, -0.2) is 0 Å². The molecule has 0 radical (unpaired) electrons. The summed E-state index contributed by atoms with van der Waals surface area (Å²) >= 11 is 0. The van der Waals surface area contributed by atoms with Gasteiger partial charge in [-0.1, -0.05) is 5.92 Å². The molecule has 1 fully saturated rings. The SMILES string of the molecule is Cc1c(C)c(O[C@@H]2O[C@H](C(=O)[O-])[C@@H](O)[C@H](O)[C@H]2O)c(CCCCC#CCCCC#CC(=O)[O-])c(C)c1O.[Na+].[Na+]. The quantitative estimate of drug-likeness (QED) is 0.128. The number of ether oxygens (including phenoxy) is 2. The Hall–Kier alpha value is -1.28. The van der Waals surface area contributed by atoms with Crippen LogP contribution in [-0.2, 0) is 20.7 Å². The van der Waals surface area contributed by atoms with E-state index in [4.69, 9.17) is 9.47 Å². The summed E-state index contributed by atoms with van der Waals surface area (Å²) in [5.74, 6) is 7.73. The van der Waals surface area contributed by atoms with Crippen LogP contribution in [0.5, 0.6) is 11.5 Å². The number of aliphatic hydroxyl groups excluding tert-OH is 3. The molecule has 39 heavy (non-hydrogen) atoms. The molecule has 0 amide bonds. The van der Waals surface area contributed by atoms with Crippen molar-refractivity contribution in [2.75, 3.05) is 0 Å². The zero-order valence-corrected chi connectivity index (χ0v) is 27.1.